The van der Waals surface area contributed by atoms with Gasteiger partial charge in [-0.05, 0) is 12.6 Å². The van der Waals surface area contributed by atoms with Crippen LogP contribution in [0, 0.1) is 0 Å². The number of hydrogen-bond donors (Lipinski definition) is 1. The molecule has 2 rings (SSSR count). The molecular weight excluding hydrogens is 234 g/mol. The van der Waals surface area contributed by atoms with Gasteiger partial charge in [0.05, 0.1) is 11.3 Å². The van der Waals surface area contributed by atoms with Gasteiger partial charge in [-0.15, -0.1) is 0 Å². The molecule has 1 N–H and O–H groups in total. The van der Waals surface area contributed by atoms with Crippen LogP contribution in [0.15, 0.2) is 24.3 Å². The highest BCUT2D eigenvalue weighted by Gasteiger charge is 2.33. The van der Waals surface area contributed by atoms with Gasteiger partial charge in [-0.25, -0.2) is 0 Å². The Hall–Kier alpha value is -0.870. The summed E-state index contributed by atoms with van der Waals surface area (Å²) in [7, 11) is -0.840. The van der Waals surface area contributed by atoms with E-state index in [-0.39, 0.29) is 11.3 Å². The van der Waals surface area contributed by atoms with Gasteiger partial charge in [0.2, 0.25) is 0 Å². The molecule has 3 atom stereocenters. The Morgan fingerprint density at radius 3 is 2.88 bits per heavy atom. The van der Waals surface area contributed by atoms with Gasteiger partial charge in [-0.1, -0.05) is 32.0 Å². The van der Waals surface area contributed by atoms with E-state index >= 15 is 0 Å². The summed E-state index contributed by atoms with van der Waals surface area (Å²) in [5.41, 5.74) is 1.13. The zero-order valence-corrected chi connectivity index (χ0v) is 11.1. The van der Waals surface area contributed by atoms with Crippen molar-refractivity contribution >= 4 is 10.8 Å². The average Bonchev–Trinajstić information content (AvgIpc) is 2.38. The van der Waals surface area contributed by atoms with E-state index in [1.807, 2.05) is 25.1 Å². The van der Waals surface area contributed by atoms with E-state index in [4.69, 9.17) is 4.74 Å². The van der Waals surface area contributed by atoms with Crippen LogP contribution in [0.2, 0.25) is 0 Å². The zero-order chi connectivity index (χ0) is 12.3. The lowest BCUT2D eigenvalue weighted by molar-refractivity contribution is 0.259. The first kappa shape index (κ1) is 12.6. The smallest absolute Gasteiger partial charge is 0.124 e. The minimum atomic E-state index is -0.840. The summed E-state index contributed by atoms with van der Waals surface area (Å²) in [5, 5.41) is 3.48. The molecule has 17 heavy (non-hydrogen) atoms. The Bertz CT molecular complexity index is 408. The first-order valence-corrected chi connectivity index (χ1v) is 7.48. The summed E-state index contributed by atoms with van der Waals surface area (Å²) in [5.74, 6) is 1.60. The van der Waals surface area contributed by atoms with E-state index in [1.165, 1.54) is 0 Å². The molecule has 0 saturated heterocycles. The lowest BCUT2D eigenvalue weighted by atomic mass is 10.0. The van der Waals surface area contributed by atoms with Crippen LogP contribution in [0.1, 0.15) is 25.5 Å². The number of ether oxygens (including phenoxy) is 1. The Balaban J connectivity index is 2.32. The molecule has 94 valence electrons. The maximum absolute atomic E-state index is 12.1. The van der Waals surface area contributed by atoms with Crippen LogP contribution in [0.25, 0.3) is 0 Å². The molecule has 4 heteroatoms. The second-order valence-electron chi connectivity index (χ2n) is 4.09. The van der Waals surface area contributed by atoms with Crippen molar-refractivity contribution in [1.29, 1.82) is 0 Å². The molecule has 0 spiro atoms. The van der Waals surface area contributed by atoms with E-state index in [2.05, 4.69) is 18.3 Å². The predicted octanol–water partition coefficient (Wildman–Crippen LogP) is 1.87. The summed E-state index contributed by atoms with van der Waals surface area (Å²) in [4.78, 5) is 0. The van der Waals surface area contributed by atoms with Crippen molar-refractivity contribution in [2.45, 2.75) is 25.1 Å². The maximum Gasteiger partial charge on any atom is 0.124 e. The Labute approximate surface area is 105 Å². The van der Waals surface area contributed by atoms with Gasteiger partial charge in [-0.2, -0.15) is 0 Å². The minimum Gasteiger partial charge on any atom is -0.492 e. The second kappa shape index (κ2) is 5.65. The van der Waals surface area contributed by atoms with Crippen LogP contribution >= 0.6 is 0 Å². The molecule has 1 aromatic carbocycles. The third-order valence-electron chi connectivity index (χ3n) is 3.08. The van der Waals surface area contributed by atoms with Crippen molar-refractivity contribution in [2.75, 3.05) is 18.9 Å². The van der Waals surface area contributed by atoms with E-state index in [0.29, 0.717) is 12.4 Å². The van der Waals surface area contributed by atoms with Gasteiger partial charge in [0.25, 0.3) is 0 Å². The predicted molar refractivity (Wildman–Crippen MR) is 70.8 cm³/mol. The fourth-order valence-electron chi connectivity index (χ4n) is 2.24. The SMILES string of the molecule is CCNC1c2ccccc2OCC1S(=O)CC. The molecule has 3 unspecified atom stereocenters. The van der Waals surface area contributed by atoms with Crippen molar-refractivity contribution in [3.05, 3.63) is 29.8 Å². The summed E-state index contributed by atoms with van der Waals surface area (Å²) < 4.78 is 17.8. The Morgan fingerprint density at radius 2 is 2.18 bits per heavy atom. The van der Waals surface area contributed by atoms with Gasteiger partial charge in [0.15, 0.2) is 0 Å². The highest BCUT2D eigenvalue weighted by atomic mass is 32.2. The highest BCUT2D eigenvalue weighted by Crippen LogP contribution is 2.33. The molecule has 0 bridgehead atoms. The summed E-state index contributed by atoms with van der Waals surface area (Å²) in [6.07, 6.45) is 0. The third kappa shape index (κ3) is 2.53. The topological polar surface area (TPSA) is 38.3 Å². The van der Waals surface area contributed by atoms with Crippen LogP contribution in [0.3, 0.4) is 0 Å². The summed E-state index contributed by atoms with van der Waals surface area (Å²) in [6, 6.07) is 8.15. The quantitative estimate of drug-likeness (QED) is 0.890. The van der Waals surface area contributed by atoms with Crippen molar-refractivity contribution < 1.29 is 8.95 Å². The van der Waals surface area contributed by atoms with E-state index in [1.54, 1.807) is 0 Å². The molecule has 1 aliphatic heterocycles. The maximum atomic E-state index is 12.1. The largest absolute Gasteiger partial charge is 0.492 e. The molecule has 3 nitrogen and oxygen atoms in total. The first-order valence-electron chi connectivity index (χ1n) is 6.10. The third-order valence-corrected chi connectivity index (χ3v) is 4.73. The second-order valence-corrected chi connectivity index (χ2v) is 6.04. The number of benzene rings is 1. The molecule has 0 fully saturated rings. The van der Waals surface area contributed by atoms with Gasteiger partial charge >= 0.3 is 0 Å². The van der Waals surface area contributed by atoms with Gasteiger partial charge in [0.1, 0.15) is 12.4 Å². The highest BCUT2D eigenvalue weighted by molar-refractivity contribution is 7.85. The van der Waals surface area contributed by atoms with Crippen LogP contribution in [0.5, 0.6) is 5.75 Å². The molecule has 1 aromatic rings. The average molecular weight is 253 g/mol. The molecule has 0 radical (unpaired) electrons. The summed E-state index contributed by atoms with van der Waals surface area (Å²) >= 11 is 0. The fraction of sp³-hybridized carbons (Fsp3) is 0.538. The first-order chi connectivity index (χ1) is 8.27. The molecule has 0 amide bonds. The normalized spacial score (nSPS) is 24.8. The Morgan fingerprint density at radius 1 is 1.41 bits per heavy atom. The van der Waals surface area contributed by atoms with Crippen LogP contribution in [0.4, 0.5) is 0 Å². The number of nitrogens with one attached hydrogen (secondary N) is 1. The molecule has 0 aliphatic carbocycles. The number of rotatable bonds is 4. The lowest BCUT2D eigenvalue weighted by Crippen LogP contribution is -2.42. The van der Waals surface area contributed by atoms with Gasteiger partial charge < -0.3 is 10.1 Å². The van der Waals surface area contributed by atoms with E-state index in [9.17, 15) is 4.21 Å². The molecule has 1 aliphatic rings. The minimum absolute atomic E-state index is 0.0508. The Kier molecular flexibility index (Phi) is 4.18. The van der Waals surface area contributed by atoms with Crippen LogP contribution in [-0.4, -0.2) is 28.4 Å². The monoisotopic (exact) mass is 253 g/mol. The van der Waals surface area contributed by atoms with Crippen molar-refractivity contribution in [2.24, 2.45) is 0 Å². The summed E-state index contributed by atoms with van der Waals surface area (Å²) in [6.45, 7) is 5.44. The fourth-order valence-corrected chi connectivity index (χ4v) is 3.43. The van der Waals surface area contributed by atoms with E-state index < -0.39 is 10.8 Å². The molecular formula is C13H19NO2S. The van der Waals surface area contributed by atoms with Crippen LogP contribution in [-0.2, 0) is 10.8 Å². The zero-order valence-electron chi connectivity index (χ0n) is 10.3. The van der Waals surface area contributed by atoms with Crippen molar-refractivity contribution in [3.63, 3.8) is 0 Å². The van der Waals surface area contributed by atoms with Crippen molar-refractivity contribution in [3.8, 4) is 5.75 Å². The number of para-hydroxylation sites is 1. The number of fused-ring (bicyclic) bond motifs is 1. The van der Waals surface area contributed by atoms with Crippen LogP contribution < -0.4 is 10.1 Å². The molecule has 0 aromatic heterocycles. The van der Waals surface area contributed by atoms with Crippen molar-refractivity contribution in [1.82, 2.24) is 5.32 Å². The lowest BCUT2D eigenvalue weighted by Gasteiger charge is -2.33. The molecule has 1 heterocycles. The number of hydrogen-bond acceptors (Lipinski definition) is 3. The van der Waals surface area contributed by atoms with Gasteiger partial charge in [0, 0.05) is 22.1 Å². The van der Waals surface area contributed by atoms with Gasteiger partial charge in [-0.3, -0.25) is 4.21 Å². The standard InChI is InChI=1S/C13H19NO2S/c1-3-14-13-10-7-5-6-8-11(10)16-9-12(13)17(15)4-2/h5-8,12-14H,3-4,9H2,1-2H3. The van der Waals surface area contributed by atoms with E-state index in [0.717, 1.165) is 17.9 Å². The molecule has 0 saturated carbocycles.